The number of pyridine rings is 1. The van der Waals surface area contributed by atoms with Crippen molar-refractivity contribution in [2.75, 3.05) is 7.11 Å². The molecule has 0 spiro atoms. The van der Waals surface area contributed by atoms with Crippen LogP contribution in [0, 0.1) is 0 Å². The smallest absolute Gasteiger partial charge is 0.340 e. The molecule has 0 aliphatic carbocycles. The van der Waals surface area contributed by atoms with Gasteiger partial charge in [0.15, 0.2) is 5.65 Å². The van der Waals surface area contributed by atoms with Crippen LogP contribution in [0.15, 0.2) is 12.3 Å². The molecule has 1 N–H and O–H groups in total. The first-order chi connectivity index (χ1) is 9.13. The zero-order valence-corrected chi connectivity index (χ0v) is 11.3. The summed E-state index contributed by atoms with van der Waals surface area (Å²) in [6, 6.07) is 1.53. The molecule has 0 radical (unpaired) electrons. The summed E-state index contributed by atoms with van der Waals surface area (Å²) in [7, 11) is 1.33. The first-order valence-electron chi connectivity index (χ1n) is 6.28. The Hall–Kier alpha value is -2.11. The molecule has 0 amide bonds. The SMILES string of the molecule is CCC(CC)n1c(O)nc2nccc(C(=O)OC)c21. The van der Waals surface area contributed by atoms with Crippen LogP contribution in [0.25, 0.3) is 11.2 Å². The van der Waals surface area contributed by atoms with Crippen LogP contribution >= 0.6 is 0 Å². The first kappa shape index (κ1) is 13.3. The fourth-order valence-corrected chi connectivity index (χ4v) is 2.29. The van der Waals surface area contributed by atoms with Gasteiger partial charge in [-0.25, -0.2) is 9.78 Å². The Bertz CT molecular complexity index is 602. The Kier molecular flexibility index (Phi) is 3.69. The molecule has 0 aromatic carbocycles. The number of nitrogens with zero attached hydrogens (tertiary/aromatic N) is 3. The Balaban J connectivity index is 2.75. The molecule has 6 heteroatoms. The summed E-state index contributed by atoms with van der Waals surface area (Å²) in [6.45, 7) is 4.04. The maximum atomic E-state index is 11.8. The normalized spacial score (nSPS) is 11.2. The van der Waals surface area contributed by atoms with Crippen molar-refractivity contribution in [1.82, 2.24) is 14.5 Å². The molecule has 19 heavy (non-hydrogen) atoms. The number of rotatable bonds is 4. The van der Waals surface area contributed by atoms with Crippen molar-refractivity contribution >= 4 is 17.1 Å². The molecule has 0 unspecified atom stereocenters. The van der Waals surface area contributed by atoms with E-state index in [1.165, 1.54) is 13.3 Å². The Morgan fingerprint density at radius 2 is 2.16 bits per heavy atom. The van der Waals surface area contributed by atoms with Crippen LogP contribution in [-0.2, 0) is 4.74 Å². The van der Waals surface area contributed by atoms with E-state index < -0.39 is 5.97 Å². The van der Waals surface area contributed by atoms with Gasteiger partial charge in [0.1, 0.15) is 5.52 Å². The van der Waals surface area contributed by atoms with Gasteiger partial charge in [-0.05, 0) is 18.9 Å². The Labute approximate surface area is 111 Å². The summed E-state index contributed by atoms with van der Waals surface area (Å²) >= 11 is 0. The van der Waals surface area contributed by atoms with Crippen molar-refractivity contribution in [3.63, 3.8) is 0 Å². The number of hydrogen-bond donors (Lipinski definition) is 1. The van der Waals surface area contributed by atoms with Crippen molar-refractivity contribution in [1.29, 1.82) is 0 Å². The van der Waals surface area contributed by atoms with Crippen LogP contribution in [0.4, 0.5) is 0 Å². The molecule has 2 heterocycles. The quantitative estimate of drug-likeness (QED) is 0.856. The number of methoxy groups -OCH3 is 1. The number of aromatic nitrogens is 3. The number of ether oxygens (including phenoxy) is 1. The molecule has 0 bridgehead atoms. The lowest BCUT2D eigenvalue weighted by atomic mass is 10.1. The highest BCUT2D eigenvalue weighted by Gasteiger charge is 2.22. The fraction of sp³-hybridized carbons (Fsp3) is 0.462. The van der Waals surface area contributed by atoms with Gasteiger partial charge in [-0.15, -0.1) is 0 Å². The number of hydrogen-bond acceptors (Lipinski definition) is 5. The molecule has 0 aliphatic heterocycles. The molecule has 0 aliphatic rings. The number of aromatic hydroxyl groups is 1. The number of carbonyl (C=O) groups is 1. The van der Waals surface area contributed by atoms with Crippen molar-refractivity contribution in [2.45, 2.75) is 32.7 Å². The van der Waals surface area contributed by atoms with E-state index in [4.69, 9.17) is 4.74 Å². The maximum Gasteiger partial charge on any atom is 0.340 e. The largest absolute Gasteiger partial charge is 0.480 e. The van der Waals surface area contributed by atoms with Crippen molar-refractivity contribution in [3.05, 3.63) is 17.8 Å². The monoisotopic (exact) mass is 263 g/mol. The lowest BCUT2D eigenvalue weighted by Gasteiger charge is -2.17. The van der Waals surface area contributed by atoms with E-state index in [2.05, 4.69) is 9.97 Å². The minimum atomic E-state index is -0.459. The highest BCUT2D eigenvalue weighted by molar-refractivity contribution is 6.01. The molecule has 0 saturated heterocycles. The average molecular weight is 263 g/mol. The van der Waals surface area contributed by atoms with E-state index in [9.17, 15) is 9.90 Å². The second-order valence-corrected chi connectivity index (χ2v) is 4.27. The van der Waals surface area contributed by atoms with Crippen LogP contribution in [0.2, 0.25) is 0 Å². The number of esters is 1. The fourth-order valence-electron chi connectivity index (χ4n) is 2.29. The third-order valence-electron chi connectivity index (χ3n) is 3.28. The Morgan fingerprint density at radius 1 is 1.47 bits per heavy atom. The highest BCUT2D eigenvalue weighted by Crippen LogP contribution is 2.30. The van der Waals surface area contributed by atoms with Crippen molar-refractivity contribution in [3.8, 4) is 6.01 Å². The molecular weight excluding hydrogens is 246 g/mol. The van der Waals surface area contributed by atoms with Crippen LogP contribution < -0.4 is 0 Å². The Morgan fingerprint density at radius 3 is 2.74 bits per heavy atom. The predicted octanol–water partition coefficient (Wildman–Crippen LogP) is 2.28. The van der Waals surface area contributed by atoms with Crippen LogP contribution in [0.5, 0.6) is 6.01 Å². The summed E-state index contributed by atoms with van der Waals surface area (Å²) in [5.74, 6) is -0.459. The molecule has 2 rings (SSSR count). The standard InChI is InChI=1S/C13H17N3O3/c1-4-8(5-2)16-10-9(12(17)19-3)6-7-14-11(10)15-13(16)18/h6-8H,4-5H2,1-3H3,(H,14,15,18). The van der Waals surface area contributed by atoms with E-state index in [1.807, 2.05) is 13.8 Å². The number of fused-ring (bicyclic) bond motifs is 1. The van der Waals surface area contributed by atoms with E-state index in [-0.39, 0.29) is 12.1 Å². The second kappa shape index (κ2) is 5.26. The molecule has 102 valence electrons. The molecule has 0 atom stereocenters. The minimum absolute atomic E-state index is 0.0672. The van der Waals surface area contributed by atoms with Gasteiger partial charge in [0.25, 0.3) is 6.01 Å². The van der Waals surface area contributed by atoms with E-state index in [0.29, 0.717) is 16.7 Å². The van der Waals surface area contributed by atoms with Gasteiger partial charge in [-0.1, -0.05) is 13.8 Å². The number of carbonyl (C=O) groups excluding carboxylic acids is 1. The van der Waals surface area contributed by atoms with Crippen LogP contribution in [0.1, 0.15) is 43.1 Å². The van der Waals surface area contributed by atoms with E-state index in [0.717, 1.165) is 12.8 Å². The van der Waals surface area contributed by atoms with Gasteiger partial charge in [0.05, 0.1) is 12.7 Å². The summed E-state index contributed by atoms with van der Waals surface area (Å²) in [5, 5.41) is 10.0. The lowest BCUT2D eigenvalue weighted by molar-refractivity contribution is 0.0602. The molecule has 2 aromatic rings. The van der Waals surface area contributed by atoms with Gasteiger partial charge in [0.2, 0.25) is 0 Å². The molecular formula is C13H17N3O3. The maximum absolute atomic E-state index is 11.8. The molecule has 0 fully saturated rings. The minimum Gasteiger partial charge on any atom is -0.480 e. The third kappa shape index (κ3) is 2.14. The van der Waals surface area contributed by atoms with Crippen LogP contribution in [-0.4, -0.2) is 32.7 Å². The molecule has 6 nitrogen and oxygen atoms in total. The average Bonchev–Trinajstić information content (AvgIpc) is 2.76. The van der Waals surface area contributed by atoms with Crippen LogP contribution in [0.3, 0.4) is 0 Å². The van der Waals surface area contributed by atoms with E-state index in [1.54, 1.807) is 10.6 Å². The predicted molar refractivity (Wildman–Crippen MR) is 70.2 cm³/mol. The van der Waals surface area contributed by atoms with Gasteiger partial charge >= 0.3 is 5.97 Å². The second-order valence-electron chi connectivity index (χ2n) is 4.27. The zero-order chi connectivity index (χ0) is 14.0. The highest BCUT2D eigenvalue weighted by atomic mass is 16.5. The summed E-state index contributed by atoms with van der Waals surface area (Å²) in [6.07, 6.45) is 3.13. The van der Waals surface area contributed by atoms with Gasteiger partial charge in [-0.3, -0.25) is 4.57 Å². The summed E-state index contributed by atoms with van der Waals surface area (Å²) in [5.41, 5.74) is 1.25. The van der Waals surface area contributed by atoms with Gasteiger partial charge in [-0.2, -0.15) is 4.98 Å². The first-order valence-corrected chi connectivity index (χ1v) is 6.28. The van der Waals surface area contributed by atoms with Gasteiger partial charge < -0.3 is 9.84 Å². The summed E-state index contributed by atoms with van der Waals surface area (Å²) < 4.78 is 6.43. The van der Waals surface area contributed by atoms with Crippen molar-refractivity contribution in [2.24, 2.45) is 0 Å². The van der Waals surface area contributed by atoms with Gasteiger partial charge in [0, 0.05) is 12.2 Å². The topological polar surface area (TPSA) is 77.2 Å². The number of imidazole rings is 1. The third-order valence-corrected chi connectivity index (χ3v) is 3.28. The molecule has 2 aromatic heterocycles. The van der Waals surface area contributed by atoms with E-state index >= 15 is 0 Å². The summed E-state index contributed by atoms with van der Waals surface area (Å²) in [4.78, 5) is 19.9. The lowest BCUT2D eigenvalue weighted by Crippen LogP contribution is -2.10. The zero-order valence-electron chi connectivity index (χ0n) is 11.3. The van der Waals surface area contributed by atoms with Crippen molar-refractivity contribution < 1.29 is 14.6 Å². The molecule has 0 saturated carbocycles.